The predicted octanol–water partition coefficient (Wildman–Crippen LogP) is 1.18. The summed E-state index contributed by atoms with van der Waals surface area (Å²) in [5, 5.41) is 0. The molecule has 0 radical (unpaired) electrons. The van der Waals surface area contributed by atoms with E-state index in [1.54, 1.807) is 6.08 Å². The van der Waals surface area contributed by atoms with Crippen molar-refractivity contribution in [2.75, 3.05) is 26.5 Å². The van der Waals surface area contributed by atoms with Gasteiger partial charge in [-0.25, -0.2) is 0 Å². The lowest BCUT2D eigenvalue weighted by molar-refractivity contribution is -0.130. The first kappa shape index (κ1) is 12.8. The van der Waals surface area contributed by atoms with Gasteiger partial charge in [0.15, 0.2) is 4.84 Å². The summed E-state index contributed by atoms with van der Waals surface area (Å²) in [7, 11) is 0. The number of hydrogen-bond acceptors (Lipinski definition) is 3. The van der Waals surface area contributed by atoms with Crippen LogP contribution < -0.4 is 0 Å². The molecule has 15 heavy (non-hydrogen) atoms. The van der Waals surface area contributed by atoms with E-state index in [-0.39, 0.29) is 18.8 Å². The number of hydrogen-bond donors (Lipinski definition) is 0. The predicted molar refractivity (Wildman–Crippen MR) is 58.0 cm³/mol. The highest BCUT2D eigenvalue weighted by Crippen LogP contribution is 2.11. The van der Waals surface area contributed by atoms with Gasteiger partial charge in [-0.3, -0.25) is 4.79 Å². The lowest BCUT2D eigenvalue weighted by Gasteiger charge is -2.23. The minimum Gasteiger partial charge on any atom is -0.353 e. The van der Waals surface area contributed by atoms with Crippen LogP contribution in [0, 0.1) is 0 Å². The van der Waals surface area contributed by atoms with E-state index in [0.29, 0.717) is 19.7 Å². The van der Waals surface area contributed by atoms with E-state index in [1.807, 2.05) is 0 Å². The molecule has 0 saturated carbocycles. The van der Waals surface area contributed by atoms with Crippen molar-refractivity contribution >= 4 is 29.1 Å². The number of halogens is 2. The monoisotopic (exact) mass is 253 g/mol. The Bertz CT molecular complexity index is 229. The van der Waals surface area contributed by atoms with E-state index < -0.39 is 4.84 Å². The Morgan fingerprint density at radius 2 is 2.40 bits per heavy atom. The number of carbonyl (C=O) groups is 1. The fourth-order valence-electron chi connectivity index (χ4n) is 1.27. The summed E-state index contributed by atoms with van der Waals surface area (Å²) in [5.41, 5.74) is 0. The van der Waals surface area contributed by atoms with Gasteiger partial charge in [0.05, 0.1) is 6.61 Å². The molecule has 1 saturated heterocycles. The molecule has 1 aliphatic heterocycles. The first-order valence-corrected chi connectivity index (χ1v) is 5.39. The molecule has 1 rings (SSSR count). The Labute approximate surface area is 98.7 Å². The molecule has 4 nitrogen and oxygen atoms in total. The molecule has 1 aliphatic rings. The second-order valence-electron chi connectivity index (χ2n) is 3.11. The van der Waals surface area contributed by atoms with E-state index in [0.717, 1.165) is 0 Å². The highest BCUT2D eigenvalue weighted by atomic mass is 35.5. The molecule has 1 heterocycles. The number of nitrogens with zero attached hydrogens (tertiary/aromatic N) is 1. The molecule has 0 bridgehead atoms. The summed E-state index contributed by atoms with van der Waals surface area (Å²) >= 11 is 11.0. The normalized spacial score (nSPS) is 20.6. The minimum atomic E-state index is -1.05. The third kappa shape index (κ3) is 3.99. The van der Waals surface area contributed by atoms with Gasteiger partial charge in [-0.05, 0) is 0 Å². The van der Waals surface area contributed by atoms with Gasteiger partial charge in [-0.1, -0.05) is 29.3 Å². The molecule has 6 heteroatoms. The second-order valence-corrected chi connectivity index (χ2v) is 4.21. The van der Waals surface area contributed by atoms with Crippen molar-refractivity contribution in [2.45, 2.75) is 10.9 Å². The molecule has 1 fully saturated rings. The third-order valence-corrected chi connectivity index (χ3v) is 2.34. The Hall–Kier alpha value is -0.290. The molecule has 1 amide bonds. The Morgan fingerprint density at radius 3 is 2.87 bits per heavy atom. The van der Waals surface area contributed by atoms with Crippen molar-refractivity contribution in [1.82, 2.24) is 4.90 Å². The third-order valence-electron chi connectivity index (χ3n) is 1.96. The molecule has 0 aromatic heterocycles. The van der Waals surface area contributed by atoms with Crippen LogP contribution in [-0.2, 0) is 14.3 Å². The van der Waals surface area contributed by atoms with Gasteiger partial charge in [-0.15, -0.1) is 6.58 Å². The van der Waals surface area contributed by atoms with E-state index in [2.05, 4.69) is 6.58 Å². The van der Waals surface area contributed by atoms with Crippen LogP contribution in [0.2, 0.25) is 0 Å². The first-order chi connectivity index (χ1) is 7.15. The number of rotatable bonds is 5. The van der Waals surface area contributed by atoms with Gasteiger partial charge in [0.1, 0.15) is 12.9 Å². The van der Waals surface area contributed by atoms with Gasteiger partial charge in [-0.2, -0.15) is 0 Å². The van der Waals surface area contributed by atoms with Gasteiger partial charge >= 0.3 is 0 Å². The zero-order valence-corrected chi connectivity index (χ0v) is 9.71. The van der Waals surface area contributed by atoms with E-state index in [4.69, 9.17) is 32.7 Å². The van der Waals surface area contributed by atoms with E-state index >= 15 is 0 Å². The number of carbonyl (C=O) groups excluding carboxylic acids is 1. The van der Waals surface area contributed by atoms with Gasteiger partial charge in [0, 0.05) is 13.1 Å². The van der Waals surface area contributed by atoms with Gasteiger partial charge < -0.3 is 14.4 Å². The molecule has 0 aromatic carbocycles. The minimum absolute atomic E-state index is 0.110. The van der Waals surface area contributed by atoms with E-state index in [1.165, 1.54) is 4.90 Å². The number of alkyl halides is 2. The van der Waals surface area contributed by atoms with Crippen LogP contribution >= 0.6 is 23.2 Å². The first-order valence-electron chi connectivity index (χ1n) is 4.52. The van der Waals surface area contributed by atoms with Crippen LogP contribution in [0.15, 0.2) is 12.7 Å². The van der Waals surface area contributed by atoms with Crippen molar-refractivity contribution < 1.29 is 14.3 Å². The topological polar surface area (TPSA) is 38.8 Å². The maximum absolute atomic E-state index is 11.5. The maximum Gasteiger partial charge on any atom is 0.256 e. The SMILES string of the molecule is C=CCN(CC1COCO1)C(=O)C(Cl)Cl. The van der Waals surface area contributed by atoms with Crippen LogP contribution in [0.1, 0.15) is 0 Å². The summed E-state index contributed by atoms with van der Waals surface area (Å²) in [6, 6.07) is 0. The average Bonchev–Trinajstić information content (AvgIpc) is 2.68. The largest absolute Gasteiger partial charge is 0.353 e. The molecule has 0 N–H and O–H groups in total. The molecule has 1 unspecified atom stereocenters. The van der Waals surface area contributed by atoms with Crippen LogP contribution in [-0.4, -0.2) is 48.2 Å². The Balaban J connectivity index is 2.48. The van der Waals surface area contributed by atoms with Gasteiger partial charge in [0.2, 0.25) is 0 Å². The summed E-state index contributed by atoms with van der Waals surface area (Å²) in [5.74, 6) is -0.339. The molecular formula is C9H13Cl2NO3. The van der Waals surface area contributed by atoms with Crippen molar-refractivity contribution in [3.63, 3.8) is 0 Å². The number of amides is 1. The van der Waals surface area contributed by atoms with Crippen molar-refractivity contribution in [2.24, 2.45) is 0 Å². The second kappa shape index (κ2) is 6.33. The lowest BCUT2D eigenvalue weighted by Crippen LogP contribution is -2.41. The Morgan fingerprint density at radius 1 is 1.67 bits per heavy atom. The summed E-state index contributed by atoms with van der Waals surface area (Å²) < 4.78 is 10.2. The van der Waals surface area contributed by atoms with Crippen molar-refractivity contribution in [3.8, 4) is 0 Å². The van der Waals surface area contributed by atoms with Crippen LogP contribution in [0.5, 0.6) is 0 Å². The van der Waals surface area contributed by atoms with E-state index in [9.17, 15) is 4.79 Å². The highest BCUT2D eigenvalue weighted by Gasteiger charge is 2.25. The summed E-state index contributed by atoms with van der Waals surface area (Å²) in [4.78, 5) is 12.0. The molecule has 0 aromatic rings. The molecule has 0 aliphatic carbocycles. The maximum atomic E-state index is 11.5. The molecular weight excluding hydrogens is 241 g/mol. The molecule has 0 spiro atoms. The molecule has 86 valence electrons. The van der Waals surface area contributed by atoms with Crippen LogP contribution in [0.3, 0.4) is 0 Å². The summed E-state index contributed by atoms with van der Waals surface area (Å²) in [6.45, 7) is 5.13. The van der Waals surface area contributed by atoms with Crippen LogP contribution in [0.4, 0.5) is 0 Å². The van der Waals surface area contributed by atoms with Gasteiger partial charge in [0.25, 0.3) is 5.91 Å². The fourth-order valence-corrected chi connectivity index (χ4v) is 1.55. The quantitative estimate of drug-likeness (QED) is 0.546. The van der Waals surface area contributed by atoms with Crippen molar-refractivity contribution in [3.05, 3.63) is 12.7 Å². The smallest absolute Gasteiger partial charge is 0.256 e. The lowest BCUT2D eigenvalue weighted by atomic mass is 10.3. The molecule has 1 atom stereocenters. The standard InChI is InChI=1S/C9H13Cl2NO3/c1-2-3-12(9(13)8(10)11)4-7-5-14-6-15-7/h2,7-8H,1,3-6H2. The zero-order chi connectivity index (χ0) is 11.3. The fraction of sp³-hybridized carbons (Fsp3) is 0.667. The highest BCUT2D eigenvalue weighted by molar-refractivity contribution is 6.53. The van der Waals surface area contributed by atoms with Crippen LogP contribution in [0.25, 0.3) is 0 Å². The average molecular weight is 254 g/mol. The van der Waals surface area contributed by atoms with Crippen molar-refractivity contribution in [1.29, 1.82) is 0 Å². The number of ether oxygens (including phenoxy) is 2. The Kier molecular flexibility index (Phi) is 5.39. The summed E-state index contributed by atoms with van der Waals surface area (Å²) in [6.07, 6.45) is 1.50. The zero-order valence-electron chi connectivity index (χ0n) is 8.20.